The van der Waals surface area contributed by atoms with E-state index in [-0.39, 0.29) is 0 Å². The average Bonchev–Trinajstić information content (AvgIpc) is 2.56. The summed E-state index contributed by atoms with van der Waals surface area (Å²) in [4.78, 5) is 12.8. The minimum Gasteiger partial charge on any atom is -0.495 e. The van der Waals surface area contributed by atoms with E-state index in [1.807, 2.05) is 54.6 Å². The normalized spacial score (nSPS) is 10.1. The van der Waals surface area contributed by atoms with Crippen LogP contribution in [0, 0.1) is 0 Å². The summed E-state index contributed by atoms with van der Waals surface area (Å²) >= 11 is 0. The molecule has 0 saturated heterocycles. The Hall–Kier alpha value is -2.95. The predicted molar refractivity (Wildman–Crippen MR) is 81.5 cm³/mol. The predicted octanol–water partition coefficient (Wildman–Crippen LogP) is 3.29. The zero-order valence-corrected chi connectivity index (χ0v) is 11.5. The quantitative estimate of drug-likeness (QED) is 0.793. The standard InChI is InChI=1S/C16H14N4O/c1-21-14-10-6-5-9-13(14)19-16-18-11-17-15(20-16)12-7-3-2-4-8-12/h2-11H,1H3,(H,17,18,19,20). The van der Waals surface area contributed by atoms with Crippen LogP contribution in [0.4, 0.5) is 11.6 Å². The van der Waals surface area contributed by atoms with Crippen LogP contribution in [0.1, 0.15) is 0 Å². The zero-order valence-electron chi connectivity index (χ0n) is 11.5. The third-order valence-corrected chi connectivity index (χ3v) is 2.96. The van der Waals surface area contributed by atoms with Crippen molar-refractivity contribution < 1.29 is 4.74 Å². The van der Waals surface area contributed by atoms with Gasteiger partial charge >= 0.3 is 0 Å². The molecular weight excluding hydrogens is 264 g/mol. The van der Waals surface area contributed by atoms with Crippen molar-refractivity contribution in [3.8, 4) is 17.1 Å². The number of hydrogen-bond donors (Lipinski definition) is 1. The first-order chi connectivity index (χ1) is 10.4. The first-order valence-corrected chi connectivity index (χ1v) is 6.51. The van der Waals surface area contributed by atoms with Crippen LogP contribution in [0.2, 0.25) is 0 Å². The molecule has 0 spiro atoms. The zero-order chi connectivity index (χ0) is 14.5. The Morgan fingerprint density at radius 2 is 1.67 bits per heavy atom. The van der Waals surface area contributed by atoms with E-state index in [9.17, 15) is 0 Å². The summed E-state index contributed by atoms with van der Waals surface area (Å²) in [6, 6.07) is 17.4. The first-order valence-electron chi connectivity index (χ1n) is 6.51. The summed E-state index contributed by atoms with van der Waals surface area (Å²) < 4.78 is 5.30. The molecule has 0 atom stereocenters. The van der Waals surface area contributed by atoms with Crippen LogP contribution in [-0.2, 0) is 0 Å². The molecule has 104 valence electrons. The van der Waals surface area contributed by atoms with E-state index in [1.165, 1.54) is 6.33 Å². The SMILES string of the molecule is COc1ccccc1Nc1ncnc(-c2ccccc2)n1. The topological polar surface area (TPSA) is 59.9 Å². The van der Waals surface area contributed by atoms with Gasteiger partial charge in [-0.2, -0.15) is 4.98 Å². The van der Waals surface area contributed by atoms with E-state index in [2.05, 4.69) is 20.3 Å². The van der Waals surface area contributed by atoms with Crippen LogP contribution in [0.5, 0.6) is 5.75 Å². The smallest absolute Gasteiger partial charge is 0.230 e. The van der Waals surface area contributed by atoms with Gasteiger partial charge in [-0.15, -0.1) is 0 Å². The van der Waals surface area contributed by atoms with Gasteiger partial charge in [0.25, 0.3) is 0 Å². The Bertz CT molecular complexity index is 731. The van der Waals surface area contributed by atoms with Crippen LogP contribution in [-0.4, -0.2) is 22.1 Å². The molecule has 0 amide bonds. The van der Waals surface area contributed by atoms with Crippen molar-refractivity contribution in [2.75, 3.05) is 12.4 Å². The monoisotopic (exact) mass is 278 g/mol. The van der Waals surface area contributed by atoms with E-state index < -0.39 is 0 Å². The summed E-state index contributed by atoms with van der Waals surface area (Å²) in [6.45, 7) is 0. The number of nitrogens with one attached hydrogen (secondary N) is 1. The van der Waals surface area contributed by atoms with Crippen molar-refractivity contribution in [2.45, 2.75) is 0 Å². The van der Waals surface area contributed by atoms with Crippen molar-refractivity contribution >= 4 is 11.6 Å². The molecule has 0 fully saturated rings. The molecule has 0 bridgehead atoms. The van der Waals surface area contributed by atoms with Crippen LogP contribution in [0.3, 0.4) is 0 Å². The highest BCUT2D eigenvalue weighted by Crippen LogP contribution is 2.25. The van der Waals surface area contributed by atoms with Crippen molar-refractivity contribution in [1.82, 2.24) is 15.0 Å². The molecule has 0 aliphatic carbocycles. The van der Waals surface area contributed by atoms with Crippen molar-refractivity contribution in [3.63, 3.8) is 0 Å². The Morgan fingerprint density at radius 1 is 0.905 bits per heavy atom. The van der Waals surface area contributed by atoms with Gasteiger partial charge in [0, 0.05) is 5.56 Å². The molecular formula is C16H14N4O. The van der Waals surface area contributed by atoms with Gasteiger partial charge < -0.3 is 10.1 Å². The fourth-order valence-corrected chi connectivity index (χ4v) is 1.95. The molecule has 5 heteroatoms. The molecule has 0 radical (unpaired) electrons. The molecule has 5 nitrogen and oxygen atoms in total. The van der Waals surface area contributed by atoms with E-state index in [0.29, 0.717) is 11.8 Å². The van der Waals surface area contributed by atoms with Crippen molar-refractivity contribution in [2.24, 2.45) is 0 Å². The molecule has 1 N–H and O–H groups in total. The molecule has 3 aromatic rings. The Kier molecular flexibility index (Phi) is 3.73. The molecule has 1 heterocycles. The highest BCUT2D eigenvalue weighted by Gasteiger charge is 2.06. The summed E-state index contributed by atoms with van der Waals surface area (Å²) in [6.07, 6.45) is 1.49. The molecule has 0 saturated carbocycles. The van der Waals surface area contributed by atoms with Gasteiger partial charge in [-0.1, -0.05) is 42.5 Å². The van der Waals surface area contributed by atoms with Crippen LogP contribution >= 0.6 is 0 Å². The van der Waals surface area contributed by atoms with Gasteiger partial charge in [0.1, 0.15) is 12.1 Å². The summed E-state index contributed by atoms with van der Waals surface area (Å²) in [5.74, 6) is 1.84. The van der Waals surface area contributed by atoms with Crippen LogP contribution in [0.25, 0.3) is 11.4 Å². The molecule has 1 aromatic heterocycles. The summed E-state index contributed by atoms with van der Waals surface area (Å²) in [5.41, 5.74) is 1.76. The highest BCUT2D eigenvalue weighted by molar-refractivity contribution is 5.63. The second kappa shape index (κ2) is 6.00. The number of methoxy groups -OCH3 is 1. The van der Waals surface area contributed by atoms with Crippen LogP contribution in [0.15, 0.2) is 60.9 Å². The van der Waals surface area contributed by atoms with Gasteiger partial charge in [-0.3, -0.25) is 0 Å². The van der Waals surface area contributed by atoms with Crippen molar-refractivity contribution in [3.05, 3.63) is 60.9 Å². The number of ether oxygens (including phenoxy) is 1. The average molecular weight is 278 g/mol. The lowest BCUT2D eigenvalue weighted by Crippen LogP contribution is -2.01. The van der Waals surface area contributed by atoms with E-state index in [4.69, 9.17) is 4.74 Å². The molecule has 3 rings (SSSR count). The maximum Gasteiger partial charge on any atom is 0.230 e. The molecule has 21 heavy (non-hydrogen) atoms. The molecule has 2 aromatic carbocycles. The first kappa shape index (κ1) is 13.1. The Morgan fingerprint density at radius 3 is 2.48 bits per heavy atom. The minimum atomic E-state index is 0.480. The molecule has 0 aliphatic rings. The molecule has 0 unspecified atom stereocenters. The van der Waals surface area contributed by atoms with E-state index in [1.54, 1.807) is 7.11 Å². The number of para-hydroxylation sites is 2. The van der Waals surface area contributed by atoms with Crippen molar-refractivity contribution in [1.29, 1.82) is 0 Å². The lowest BCUT2D eigenvalue weighted by Gasteiger charge is -2.09. The maximum absolute atomic E-state index is 5.30. The lowest BCUT2D eigenvalue weighted by atomic mass is 10.2. The summed E-state index contributed by atoms with van der Waals surface area (Å²) in [7, 11) is 1.63. The highest BCUT2D eigenvalue weighted by atomic mass is 16.5. The minimum absolute atomic E-state index is 0.480. The second-order valence-electron chi connectivity index (χ2n) is 4.32. The fourth-order valence-electron chi connectivity index (χ4n) is 1.95. The summed E-state index contributed by atoms with van der Waals surface area (Å²) in [5, 5.41) is 3.15. The van der Waals surface area contributed by atoms with E-state index >= 15 is 0 Å². The van der Waals surface area contributed by atoms with Gasteiger partial charge in [-0.25, -0.2) is 9.97 Å². The number of rotatable bonds is 4. The Balaban J connectivity index is 1.90. The fraction of sp³-hybridized carbons (Fsp3) is 0.0625. The second-order valence-corrected chi connectivity index (χ2v) is 4.32. The number of anilines is 2. The molecule has 0 aliphatic heterocycles. The van der Waals surface area contributed by atoms with Crippen LogP contribution < -0.4 is 10.1 Å². The number of hydrogen-bond acceptors (Lipinski definition) is 5. The largest absolute Gasteiger partial charge is 0.495 e. The van der Waals surface area contributed by atoms with Gasteiger partial charge in [0.05, 0.1) is 12.8 Å². The number of aromatic nitrogens is 3. The number of benzene rings is 2. The Labute approximate surface area is 122 Å². The van der Waals surface area contributed by atoms with Gasteiger partial charge in [0.15, 0.2) is 5.82 Å². The van der Waals surface area contributed by atoms with Gasteiger partial charge in [0.2, 0.25) is 5.95 Å². The third-order valence-electron chi connectivity index (χ3n) is 2.96. The maximum atomic E-state index is 5.30. The van der Waals surface area contributed by atoms with E-state index in [0.717, 1.165) is 17.0 Å². The number of nitrogens with zero attached hydrogens (tertiary/aromatic N) is 3. The third kappa shape index (κ3) is 2.97. The van der Waals surface area contributed by atoms with Gasteiger partial charge in [-0.05, 0) is 12.1 Å². The lowest BCUT2D eigenvalue weighted by molar-refractivity contribution is 0.417.